The van der Waals surface area contributed by atoms with Crippen molar-refractivity contribution in [3.63, 3.8) is 0 Å². The van der Waals surface area contributed by atoms with Crippen molar-refractivity contribution in [2.24, 2.45) is 5.41 Å². The van der Waals surface area contributed by atoms with Crippen LogP contribution in [0, 0.1) is 5.41 Å². The molecule has 0 aliphatic rings. The van der Waals surface area contributed by atoms with Gasteiger partial charge in [0.1, 0.15) is 0 Å². The van der Waals surface area contributed by atoms with Crippen LogP contribution in [-0.4, -0.2) is 60.8 Å². The van der Waals surface area contributed by atoms with Crippen molar-refractivity contribution in [1.29, 1.82) is 0 Å². The van der Waals surface area contributed by atoms with Crippen LogP contribution in [0.15, 0.2) is 0 Å². The molecule has 0 fully saturated rings. The van der Waals surface area contributed by atoms with E-state index in [1.807, 2.05) is 0 Å². The number of hydrogen-bond donors (Lipinski definition) is 4. The highest BCUT2D eigenvalue weighted by atomic mass is 16.4. The second-order valence-corrected chi connectivity index (χ2v) is 6.06. The highest BCUT2D eigenvalue weighted by molar-refractivity contribution is 5.79. The van der Waals surface area contributed by atoms with Gasteiger partial charge in [0.15, 0.2) is 0 Å². The van der Waals surface area contributed by atoms with Crippen LogP contribution in [-0.2, 0) is 4.79 Å². The van der Waals surface area contributed by atoms with E-state index in [1.54, 1.807) is 41.8 Å². The predicted molar refractivity (Wildman–Crippen MR) is 79.1 cm³/mol. The third kappa shape index (κ3) is 5.49. The predicted octanol–water partition coefficient (Wildman–Crippen LogP) is 0.446. The molecule has 122 valence electrons. The van der Waals surface area contributed by atoms with Crippen LogP contribution >= 0.6 is 0 Å². The fraction of sp³-hybridized carbons (Fsp3) is 0.769. The Kier molecular flexibility index (Phi) is 6.47. The molecule has 0 aromatic carbocycles. The van der Waals surface area contributed by atoms with Crippen molar-refractivity contribution in [2.75, 3.05) is 27.2 Å². The van der Waals surface area contributed by atoms with E-state index in [2.05, 4.69) is 16.0 Å². The minimum Gasteiger partial charge on any atom is -0.481 e. The molecule has 0 unspecified atom stereocenters. The quantitative estimate of drug-likeness (QED) is 0.534. The largest absolute Gasteiger partial charge is 0.481 e. The van der Waals surface area contributed by atoms with Crippen molar-refractivity contribution in [3.05, 3.63) is 0 Å². The van der Waals surface area contributed by atoms with E-state index in [-0.39, 0.29) is 19.1 Å². The highest BCUT2D eigenvalue weighted by Crippen LogP contribution is 2.30. The Morgan fingerprint density at radius 3 is 1.90 bits per heavy atom. The lowest BCUT2D eigenvalue weighted by atomic mass is 9.74. The average Bonchev–Trinajstić information content (AvgIpc) is 2.33. The average molecular weight is 302 g/mol. The van der Waals surface area contributed by atoms with Gasteiger partial charge in [-0.2, -0.15) is 0 Å². The van der Waals surface area contributed by atoms with Crippen LogP contribution in [0.25, 0.3) is 0 Å². The molecular weight excluding hydrogens is 276 g/mol. The lowest BCUT2D eigenvalue weighted by molar-refractivity contribution is -0.150. The zero-order valence-corrected chi connectivity index (χ0v) is 13.5. The van der Waals surface area contributed by atoms with Crippen LogP contribution in [0.4, 0.5) is 9.59 Å². The third-order valence-corrected chi connectivity index (χ3v) is 3.62. The molecule has 0 aliphatic heterocycles. The SMILES string of the molecule is CN(C)C(=O)NCCNC(=O)NC(C)(C)C(C)(C)C(=O)O. The molecule has 0 radical (unpaired) electrons. The maximum Gasteiger partial charge on any atom is 0.316 e. The molecular formula is C13H26N4O4. The van der Waals surface area contributed by atoms with E-state index in [9.17, 15) is 19.5 Å². The molecule has 0 saturated heterocycles. The molecule has 0 saturated carbocycles. The van der Waals surface area contributed by atoms with Crippen molar-refractivity contribution < 1.29 is 19.5 Å². The first-order valence-electron chi connectivity index (χ1n) is 6.66. The van der Waals surface area contributed by atoms with Gasteiger partial charge in [0.05, 0.1) is 11.0 Å². The van der Waals surface area contributed by atoms with Gasteiger partial charge in [-0.05, 0) is 27.7 Å². The van der Waals surface area contributed by atoms with Gasteiger partial charge in [-0.3, -0.25) is 4.79 Å². The molecule has 4 amide bonds. The van der Waals surface area contributed by atoms with E-state index in [0.717, 1.165) is 0 Å². The second-order valence-electron chi connectivity index (χ2n) is 6.06. The van der Waals surface area contributed by atoms with Gasteiger partial charge in [-0.1, -0.05) is 0 Å². The van der Waals surface area contributed by atoms with E-state index >= 15 is 0 Å². The number of nitrogens with zero attached hydrogens (tertiary/aromatic N) is 1. The van der Waals surface area contributed by atoms with Gasteiger partial charge in [-0.25, -0.2) is 9.59 Å². The molecule has 0 atom stereocenters. The molecule has 8 heteroatoms. The number of carboxylic acid groups (broad SMARTS) is 1. The molecule has 0 heterocycles. The van der Waals surface area contributed by atoms with Gasteiger partial charge < -0.3 is 26.0 Å². The standard InChI is InChI=1S/C13H26N4O4/c1-12(2,9(18)19)13(3,4)16-10(20)14-7-8-15-11(21)17(5)6/h7-8H2,1-6H3,(H,15,21)(H,18,19)(H2,14,16,20). The lowest BCUT2D eigenvalue weighted by Crippen LogP contribution is -2.59. The van der Waals surface area contributed by atoms with Crippen LogP contribution in [0.5, 0.6) is 0 Å². The number of aliphatic carboxylic acids is 1. The summed E-state index contributed by atoms with van der Waals surface area (Å²) >= 11 is 0. The van der Waals surface area contributed by atoms with Gasteiger partial charge >= 0.3 is 18.0 Å². The number of amides is 4. The first-order chi connectivity index (χ1) is 9.41. The Hall–Kier alpha value is -1.99. The van der Waals surface area contributed by atoms with Crippen LogP contribution in [0.1, 0.15) is 27.7 Å². The summed E-state index contributed by atoms with van der Waals surface area (Å²) in [4.78, 5) is 35.6. The minimum atomic E-state index is -1.12. The number of urea groups is 2. The van der Waals surface area contributed by atoms with Crippen LogP contribution < -0.4 is 16.0 Å². The summed E-state index contributed by atoms with van der Waals surface area (Å²) in [6, 6.07) is -0.724. The maximum atomic E-state index is 11.8. The van der Waals surface area contributed by atoms with Crippen molar-refractivity contribution >= 4 is 18.0 Å². The summed E-state index contributed by atoms with van der Waals surface area (Å²) in [6.07, 6.45) is 0. The minimum absolute atomic E-state index is 0.245. The number of nitrogens with one attached hydrogen (secondary N) is 3. The molecule has 0 rings (SSSR count). The topological polar surface area (TPSA) is 111 Å². The van der Waals surface area contributed by atoms with Gasteiger partial charge in [0.25, 0.3) is 0 Å². The molecule has 0 spiro atoms. The van der Waals surface area contributed by atoms with E-state index in [4.69, 9.17) is 0 Å². The number of carboxylic acids is 1. The zero-order valence-electron chi connectivity index (χ0n) is 13.5. The summed E-state index contributed by atoms with van der Waals surface area (Å²) in [5.74, 6) is -0.994. The van der Waals surface area contributed by atoms with Gasteiger partial charge in [0, 0.05) is 27.2 Å². The lowest BCUT2D eigenvalue weighted by Gasteiger charge is -2.38. The van der Waals surface area contributed by atoms with Crippen LogP contribution in [0.2, 0.25) is 0 Å². The second kappa shape index (κ2) is 7.14. The summed E-state index contributed by atoms with van der Waals surface area (Å²) in [5, 5.41) is 17.0. The normalized spacial score (nSPS) is 11.5. The monoisotopic (exact) mass is 302 g/mol. The molecule has 0 aliphatic carbocycles. The molecule has 4 N–H and O–H groups in total. The fourth-order valence-electron chi connectivity index (χ4n) is 1.26. The molecule has 0 aromatic heterocycles. The third-order valence-electron chi connectivity index (χ3n) is 3.62. The Bertz CT molecular complexity index is 405. The molecule has 21 heavy (non-hydrogen) atoms. The summed E-state index contributed by atoms with van der Waals surface area (Å²) in [5.41, 5.74) is -2.06. The molecule has 0 aromatic rings. The Labute approximate surface area is 125 Å². The zero-order chi connectivity index (χ0) is 16.8. The molecule has 0 bridgehead atoms. The van der Waals surface area contributed by atoms with E-state index in [0.29, 0.717) is 0 Å². The summed E-state index contributed by atoms with van der Waals surface area (Å²) in [7, 11) is 3.23. The highest BCUT2D eigenvalue weighted by Gasteiger charge is 2.44. The van der Waals surface area contributed by atoms with E-state index < -0.39 is 23.0 Å². The Balaban J connectivity index is 4.27. The van der Waals surface area contributed by atoms with E-state index in [1.165, 1.54) is 4.90 Å². The van der Waals surface area contributed by atoms with Gasteiger partial charge in [-0.15, -0.1) is 0 Å². The van der Waals surface area contributed by atoms with Gasteiger partial charge in [0.2, 0.25) is 0 Å². The smallest absolute Gasteiger partial charge is 0.316 e. The first kappa shape index (κ1) is 19.0. The maximum absolute atomic E-state index is 11.8. The molecule has 8 nitrogen and oxygen atoms in total. The number of carbonyl (C=O) groups excluding carboxylic acids is 2. The van der Waals surface area contributed by atoms with Crippen molar-refractivity contribution in [3.8, 4) is 0 Å². The fourth-order valence-corrected chi connectivity index (χ4v) is 1.26. The van der Waals surface area contributed by atoms with Crippen molar-refractivity contribution in [1.82, 2.24) is 20.9 Å². The summed E-state index contributed by atoms with van der Waals surface area (Å²) < 4.78 is 0. The Morgan fingerprint density at radius 2 is 1.48 bits per heavy atom. The summed E-state index contributed by atoms with van der Waals surface area (Å²) in [6.45, 7) is 6.92. The number of carbonyl (C=O) groups is 3. The first-order valence-corrected chi connectivity index (χ1v) is 6.66. The number of rotatable bonds is 6. The van der Waals surface area contributed by atoms with Crippen molar-refractivity contribution in [2.45, 2.75) is 33.2 Å². The van der Waals surface area contributed by atoms with Crippen LogP contribution in [0.3, 0.4) is 0 Å². The Morgan fingerprint density at radius 1 is 1.00 bits per heavy atom. The number of hydrogen-bond acceptors (Lipinski definition) is 3.